The quantitative estimate of drug-likeness (QED) is 0.524. The van der Waals surface area contributed by atoms with Gasteiger partial charge in [0.15, 0.2) is 0 Å². The summed E-state index contributed by atoms with van der Waals surface area (Å²) in [6, 6.07) is 8.67. The number of halogens is 1. The van der Waals surface area contributed by atoms with Crippen LogP contribution in [0.4, 0.5) is 5.69 Å². The Morgan fingerprint density at radius 1 is 1.44 bits per heavy atom. The zero-order chi connectivity index (χ0) is 12.0. The molecule has 1 N–H and O–H groups in total. The Morgan fingerprint density at radius 3 is 2.69 bits per heavy atom. The van der Waals surface area contributed by atoms with Gasteiger partial charge in [-0.3, -0.25) is 5.43 Å². The molecule has 0 aromatic heterocycles. The Kier molecular flexibility index (Phi) is 4.55. The van der Waals surface area contributed by atoms with Gasteiger partial charge < -0.3 is 4.74 Å². The molecule has 0 unspecified atom stereocenters. The number of hydrogen-bond acceptors (Lipinski definition) is 5. The first kappa shape index (κ1) is 12.3. The molecule has 1 aromatic carbocycles. The van der Waals surface area contributed by atoms with Gasteiger partial charge in [0.25, 0.3) is 0 Å². The number of hydrazone groups is 1. The number of nitrogens with zero attached hydrogens (tertiary/aromatic N) is 3. The normalized spacial score (nSPS) is 8.50. The Bertz CT molecular complexity index is 483. The molecule has 16 heavy (non-hydrogen) atoms. The van der Waals surface area contributed by atoms with E-state index in [0.29, 0.717) is 11.4 Å². The lowest BCUT2D eigenvalue weighted by atomic mass is 10.3. The van der Waals surface area contributed by atoms with E-state index in [2.05, 4.69) is 33.1 Å². The van der Waals surface area contributed by atoms with Crippen LogP contribution >= 0.6 is 22.6 Å². The van der Waals surface area contributed by atoms with E-state index < -0.39 is 0 Å². The van der Waals surface area contributed by atoms with E-state index >= 15 is 0 Å². The predicted molar refractivity (Wildman–Crippen MR) is 68.0 cm³/mol. The first-order valence-electron chi connectivity index (χ1n) is 4.18. The maximum Gasteiger partial charge on any atom is 0.237 e. The van der Waals surface area contributed by atoms with Crippen LogP contribution < -0.4 is 10.2 Å². The molecule has 0 heterocycles. The second-order valence-electron chi connectivity index (χ2n) is 2.65. The van der Waals surface area contributed by atoms with E-state index in [9.17, 15) is 0 Å². The van der Waals surface area contributed by atoms with Crippen LogP contribution in [-0.4, -0.2) is 12.8 Å². The fourth-order valence-corrected chi connectivity index (χ4v) is 1.48. The molecule has 1 aromatic rings. The van der Waals surface area contributed by atoms with Crippen molar-refractivity contribution in [2.45, 2.75) is 0 Å². The summed E-state index contributed by atoms with van der Waals surface area (Å²) in [6.07, 6.45) is 0. The number of methoxy groups -OCH3 is 1. The second kappa shape index (κ2) is 5.93. The van der Waals surface area contributed by atoms with Gasteiger partial charge in [-0.2, -0.15) is 15.6 Å². The predicted octanol–water partition coefficient (Wildman–Crippen LogP) is 2.11. The summed E-state index contributed by atoms with van der Waals surface area (Å²) in [5.74, 6) is 0.705. The largest absolute Gasteiger partial charge is 0.496 e. The highest BCUT2D eigenvalue weighted by molar-refractivity contribution is 14.1. The number of nitriles is 2. The van der Waals surface area contributed by atoms with Crippen molar-refractivity contribution in [3.05, 3.63) is 21.8 Å². The van der Waals surface area contributed by atoms with Crippen LogP contribution in [0.1, 0.15) is 0 Å². The first-order chi connectivity index (χ1) is 7.71. The molecule has 0 radical (unpaired) electrons. The van der Waals surface area contributed by atoms with E-state index in [4.69, 9.17) is 15.3 Å². The molecule has 0 aliphatic carbocycles. The third-order valence-corrected chi connectivity index (χ3v) is 2.55. The van der Waals surface area contributed by atoms with Crippen molar-refractivity contribution < 1.29 is 4.74 Å². The van der Waals surface area contributed by atoms with Crippen molar-refractivity contribution in [1.82, 2.24) is 0 Å². The summed E-state index contributed by atoms with van der Waals surface area (Å²) in [7, 11) is 1.57. The van der Waals surface area contributed by atoms with Crippen molar-refractivity contribution in [1.29, 1.82) is 10.5 Å². The van der Waals surface area contributed by atoms with Crippen LogP contribution in [0, 0.1) is 26.2 Å². The minimum atomic E-state index is -0.225. The van der Waals surface area contributed by atoms with Gasteiger partial charge >= 0.3 is 0 Å². The number of hydrogen-bond donors (Lipinski definition) is 1. The minimum Gasteiger partial charge on any atom is -0.496 e. The summed E-state index contributed by atoms with van der Waals surface area (Å²) in [5, 5.41) is 20.6. The summed E-state index contributed by atoms with van der Waals surface area (Å²) in [6.45, 7) is 0. The molecular weight excluding hydrogens is 319 g/mol. The third-order valence-electron chi connectivity index (χ3n) is 1.66. The molecule has 0 saturated carbocycles. The Balaban J connectivity index is 2.88. The van der Waals surface area contributed by atoms with E-state index in [-0.39, 0.29) is 5.71 Å². The van der Waals surface area contributed by atoms with Crippen LogP contribution in [0.15, 0.2) is 23.3 Å². The summed E-state index contributed by atoms with van der Waals surface area (Å²) in [5.41, 5.74) is 3.04. The van der Waals surface area contributed by atoms with Gasteiger partial charge in [0.2, 0.25) is 5.71 Å². The van der Waals surface area contributed by atoms with Crippen LogP contribution in [0.5, 0.6) is 5.75 Å². The van der Waals surface area contributed by atoms with Gasteiger partial charge in [-0.15, -0.1) is 0 Å². The van der Waals surface area contributed by atoms with Crippen LogP contribution in [-0.2, 0) is 0 Å². The van der Waals surface area contributed by atoms with E-state index in [1.165, 1.54) is 0 Å². The summed E-state index contributed by atoms with van der Waals surface area (Å²) < 4.78 is 6.09. The zero-order valence-electron chi connectivity index (χ0n) is 8.36. The molecule has 0 amide bonds. The summed E-state index contributed by atoms with van der Waals surface area (Å²) in [4.78, 5) is 0. The Hall–Kier alpha value is -1.80. The molecule has 80 valence electrons. The topological polar surface area (TPSA) is 81.2 Å². The number of anilines is 1. The van der Waals surface area contributed by atoms with Crippen LogP contribution in [0.3, 0.4) is 0 Å². The van der Waals surface area contributed by atoms with Crippen molar-refractivity contribution in [3.63, 3.8) is 0 Å². The molecule has 0 aliphatic rings. The highest BCUT2D eigenvalue weighted by Crippen LogP contribution is 2.24. The van der Waals surface area contributed by atoms with Gasteiger partial charge in [0.05, 0.1) is 16.4 Å². The molecule has 0 fully saturated rings. The zero-order valence-corrected chi connectivity index (χ0v) is 10.5. The highest BCUT2D eigenvalue weighted by Gasteiger charge is 2.01. The maximum absolute atomic E-state index is 8.48. The second-order valence-corrected chi connectivity index (χ2v) is 3.81. The first-order valence-corrected chi connectivity index (χ1v) is 5.26. The molecule has 6 heteroatoms. The molecule has 0 saturated heterocycles. The van der Waals surface area contributed by atoms with Gasteiger partial charge in [-0.1, -0.05) is 0 Å². The molecule has 0 bridgehead atoms. The standard InChI is InChI=1S/C10H7IN4O/c1-16-10-4-7(2-3-9(10)11)14-15-8(5-12)6-13/h2-4,14H,1H3. The molecule has 0 spiro atoms. The molecule has 5 nitrogen and oxygen atoms in total. The average Bonchev–Trinajstić information content (AvgIpc) is 2.32. The Labute approximate surface area is 106 Å². The Morgan fingerprint density at radius 2 is 2.12 bits per heavy atom. The third kappa shape index (κ3) is 3.11. The van der Waals surface area contributed by atoms with E-state index in [0.717, 1.165) is 3.57 Å². The average molecular weight is 326 g/mol. The smallest absolute Gasteiger partial charge is 0.237 e. The van der Waals surface area contributed by atoms with E-state index in [1.54, 1.807) is 31.4 Å². The molecule has 1 rings (SSSR count). The fraction of sp³-hybridized carbons (Fsp3) is 0.100. The number of benzene rings is 1. The fourth-order valence-electron chi connectivity index (χ4n) is 0.925. The van der Waals surface area contributed by atoms with Gasteiger partial charge in [-0.05, 0) is 34.7 Å². The number of rotatable bonds is 3. The van der Waals surface area contributed by atoms with Gasteiger partial charge in [-0.25, -0.2) is 0 Å². The van der Waals surface area contributed by atoms with Crippen LogP contribution in [0.2, 0.25) is 0 Å². The lowest BCUT2D eigenvalue weighted by Crippen LogP contribution is -1.97. The van der Waals surface area contributed by atoms with Crippen molar-refractivity contribution in [2.24, 2.45) is 5.10 Å². The van der Waals surface area contributed by atoms with E-state index in [1.807, 2.05) is 6.07 Å². The molecular formula is C10H7IN4O. The highest BCUT2D eigenvalue weighted by atomic mass is 127. The van der Waals surface area contributed by atoms with Crippen molar-refractivity contribution in [2.75, 3.05) is 12.5 Å². The minimum absolute atomic E-state index is 0.225. The van der Waals surface area contributed by atoms with Gasteiger partial charge in [0, 0.05) is 6.07 Å². The summed E-state index contributed by atoms with van der Waals surface area (Å²) >= 11 is 2.14. The lowest BCUT2D eigenvalue weighted by molar-refractivity contribution is 0.412. The SMILES string of the molecule is COc1cc(NN=C(C#N)C#N)ccc1I. The molecule has 0 atom stereocenters. The van der Waals surface area contributed by atoms with Crippen molar-refractivity contribution in [3.8, 4) is 17.9 Å². The lowest BCUT2D eigenvalue weighted by Gasteiger charge is -2.05. The van der Waals surface area contributed by atoms with Crippen molar-refractivity contribution >= 4 is 34.0 Å². The van der Waals surface area contributed by atoms with Crippen LogP contribution in [0.25, 0.3) is 0 Å². The number of nitrogens with one attached hydrogen (secondary N) is 1. The maximum atomic E-state index is 8.48. The number of ether oxygens (including phenoxy) is 1. The monoisotopic (exact) mass is 326 g/mol. The van der Waals surface area contributed by atoms with Gasteiger partial charge in [0.1, 0.15) is 17.9 Å². The molecule has 0 aliphatic heterocycles.